The van der Waals surface area contributed by atoms with Gasteiger partial charge in [-0.05, 0) is 6.42 Å². The number of amides is 1. The average Bonchev–Trinajstić information content (AvgIpc) is 2.60. The van der Waals surface area contributed by atoms with Crippen LogP contribution in [0, 0.1) is 0 Å². The van der Waals surface area contributed by atoms with Crippen molar-refractivity contribution >= 4 is 5.91 Å². The van der Waals surface area contributed by atoms with Gasteiger partial charge in [0.25, 0.3) is 0 Å². The van der Waals surface area contributed by atoms with E-state index in [-0.39, 0.29) is 12.5 Å². The molecule has 3 heteroatoms. The maximum Gasteiger partial charge on any atom is 0.245 e. The van der Waals surface area contributed by atoms with Crippen molar-refractivity contribution in [3.8, 4) is 0 Å². The lowest BCUT2D eigenvalue weighted by Crippen LogP contribution is -2.26. The monoisotopic (exact) mass is 341 g/mol. The van der Waals surface area contributed by atoms with Gasteiger partial charge >= 0.3 is 0 Å². The number of hydrogen-bond donors (Lipinski definition) is 2. The summed E-state index contributed by atoms with van der Waals surface area (Å²) in [5.41, 5.74) is 0. The Kier molecular flexibility index (Phi) is 20.0. The minimum absolute atomic E-state index is 0.258. The van der Waals surface area contributed by atoms with Gasteiger partial charge in [-0.1, -0.05) is 110 Å². The first-order valence-electron chi connectivity index (χ1n) is 10.7. The first kappa shape index (κ1) is 23.4. The Morgan fingerprint density at radius 3 is 1.29 bits per heavy atom. The van der Waals surface area contributed by atoms with Gasteiger partial charge in [-0.25, -0.2) is 0 Å². The Morgan fingerprint density at radius 2 is 0.958 bits per heavy atom. The van der Waals surface area contributed by atoms with Crippen LogP contribution in [0.5, 0.6) is 0 Å². The molecule has 0 rings (SSSR count). The third kappa shape index (κ3) is 19.5. The second-order valence-corrected chi connectivity index (χ2v) is 7.16. The van der Waals surface area contributed by atoms with E-state index in [0.717, 1.165) is 6.42 Å². The normalized spacial score (nSPS) is 10.9. The van der Waals surface area contributed by atoms with Crippen LogP contribution in [-0.4, -0.2) is 24.2 Å². The van der Waals surface area contributed by atoms with Crippen molar-refractivity contribution < 1.29 is 9.90 Å². The first-order valence-corrected chi connectivity index (χ1v) is 10.7. The van der Waals surface area contributed by atoms with Gasteiger partial charge in [0, 0.05) is 6.54 Å². The van der Waals surface area contributed by atoms with Crippen LogP contribution in [0.25, 0.3) is 0 Å². The Labute approximate surface area is 151 Å². The minimum atomic E-state index is -0.390. The third-order valence-corrected chi connectivity index (χ3v) is 4.75. The molecule has 0 aliphatic heterocycles. The van der Waals surface area contributed by atoms with E-state index in [0.29, 0.717) is 6.54 Å². The Balaban J connectivity index is 2.99. The van der Waals surface area contributed by atoms with E-state index < -0.39 is 0 Å². The van der Waals surface area contributed by atoms with E-state index in [1.165, 1.54) is 103 Å². The third-order valence-electron chi connectivity index (χ3n) is 4.75. The highest BCUT2D eigenvalue weighted by Gasteiger charge is 1.97. The Bertz CT molecular complexity index is 256. The number of carbonyl (C=O) groups excluding carboxylic acids is 1. The molecule has 0 saturated carbocycles. The van der Waals surface area contributed by atoms with Crippen molar-refractivity contribution in [2.24, 2.45) is 0 Å². The number of nitrogens with one attached hydrogen (secondary N) is 1. The number of aliphatic hydroxyl groups is 1. The Morgan fingerprint density at radius 1 is 0.625 bits per heavy atom. The fourth-order valence-electron chi connectivity index (χ4n) is 3.13. The van der Waals surface area contributed by atoms with Crippen LogP contribution in [-0.2, 0) is 4.79 Å². The van der Waals surface area contributed by atoms with Crippen LogP contribution in [0.3, 0.4) is 0 Å². The lowest BCUT2D eigenvalue weighted by Gasteiger charge is -2.04. The van der Waals surface area contributed by atoms with Gasteiger partial charge in [-0.15, -0.1) is 0 Å². The van der Waals surface area contributed by atoms with E-state index in [1.54, 1.807) is 0 Å². The zero-order chi connectivity index (χ0) is 17.7. The van der Waals surface area contributed by atoms with Crippen LogP contribution < -0.4 is 5.32 Å². The molecule has 2 N–H and O–H groups in total. The van der Waals surface area contributed by atoms with Crippen molar-refractivity contribution in [2.45, 2.75) is 116 Å². The standard InChI is InChI=1S/C21H43NO2/c1-2-3-4-5-6-7-8-9-10-11-12-13-14-15-16-17-18-19-22-21(24)20-23/h23H,2-20H2,1H3,(H,22,24). The highest BCUT2D eigenvalue weighted by Crippen LogP contribution is 2.13. The summed E-state index contributed by atoms with van der Waals surface area (Å²) in [6.07, 6.45) is 23.2. The summed E-state index contributed by atoms with van der Waals surface area (Å²) >= 11 is 0. The smallest absolute Gasteiger partial charge is 0.245 e. The second kappa shape index (κ2) is 20.5. The molecular formula is C21H43NO2. The fourth-order valence-corrected chi connectivity index (χ4v) is 3.13. The molecule has 0 aromatic carbocycles. The summed E-state index contributed by atoms with van der Waals surface area (Å²) in [6.45, 7) is 2.60. The van der Waals surface area contributed by atoms with Crippen LogP contribution in [0.1, 0.15) is 116 Å². The van der Waals surface area contributed by atoms with E-state index in [1.807, 2.05) is 0 Å². The van der Waals surface area contributed by atoms with Gasteiger partial charge in [0.15, 0.2) is 0 Å². The predicted octanol–water partition coefficient (Wildman–Crippen LogP) is 5.75. The van der Waals surface area contributed by atoms with Gasteiger partial charge < -0.3 is 10.4 Å². The summed E-state index contributed by atoms with van der Waals surface area (Å²) in [5.74, 6) is -0.258. The molecule has 0 heterocycles. The van der Waals surface area contributed by atoms with E-state index >= 15 is 0 Å². The van der Waals surface area contributed by atoms with Gasteiger partial charge in [0.05, 0.1) is 0 Å². The lowest BCUT2D eigenvalue weighted by molar-refractivity contribution is -0.123. The molecule has 0 fully saturated rings. The zero-order valence-corrected chi connectivity index (χ0v) is 16.3. The topological polar surface area (TPSA) is 49.3 Å². The summed E-state index contributed by atoms with van der Waals surface area (Å²) < 4.78 is 0. The van der Waals surface area contributed by atoms with Crippen LogP contribution in [0.2, 0.25) is 0 Å². The first-order chi connectivity index (χ1) is 11.8. The number of carbonyl (C=O) groups is 1. The largest absolute Gasteiger partial charge is 0.387 e. The molecule has 1 amide bonds. The van der Waals surface area contributed by atoms with Crippen molar-refractivity contribution in [3.63, 3.8) is 0 Å². The molecule has 0 bridgehead atoms. The molecule has 144 valence electrons. The molecule has 0 spiro atoms. The number of aliphatic hydroxyl groups excluding tert-OH is 1. The summed E-state index contributed by atoms with van der Waals surface area (Å²) in [7, 11) is 0. The molecule has 0 aromatic rings. The number of unbranched alkanes of at least 4 members (excludes halogenated alkanes) is 16. The molecule has 0 aliphatic carbocycles. The maximum absolute atomic E-state index is 10.8. The SMILES string of the molecule is CCCCCCCCCCCCCCCCCCCNC(=O)CO. The zero-order valence-electron chi connectivity index (χ0n) is 16.3. The van der Waals surface area contributed by atoms with Crippen LogP contribution in [0.15, 0.2) is 0 Å². The van der Waals surface area contributed by atoms with E-state index in [9.17, 15) is 4.79 Å². The molecule has 0 unspecified atom stereocenters. The van der Waals surface area contributed by atoms with Crippen LogP contribution >= 0.6 is 0 Å². The lowest BCUT2D eigenvalue weighted by atomic mass is 10.0. The van der Waals surface area contributed by atoms with Gasteiger partial charge in [0.1, 0.15) is 6.61 Å². The number of hydrogen-bond acceptors (Lipinski definition) is 2. The summed E-state index contributed by atoms with van der Waals surface area (Å²) in [4.78, 5) is 10.8. The van der Waals surface area contributed by atoms with Crippen molar-refractivity contribution in [3.05, 3.63) is 0 Å². The second-order valence-electron chi connectivity index (χ2n) is 7.16. The molecule has 24 heavy (non-hydrogen) atoms. The molecule has 0 saturated heterocycles. The van der Waals surface area contributed by atoms with Gasteiger partial charge in [-0.2, -0.15) is 0 Å². The fraction of sp³-hybridized carbons (Fsp3) is 0.952. The quantitative estimate of drug-likeness (QED) is 0.294. The molecule has 3 nitrogen and oxygen atoms in total. The Hall–Kier alpha value is -0.570. The maximum atomic E-state index is 10.8. The van der Waals surface area contributed by atoms with Crippen molar-refractivity contribution in [1.29, 1.82) is 0 Å². The molecule has 0 aromatic heterocycles. The van der Waals surface area contributed by atoms with Gasteiger partial charge in [0.2, 0.25) is 5.91 Å². The van der Waals surface area contributed by atoms with Crippen molar-refractivity contribution in [1.82, 2.24) is 5.32 Å². The van der Waals surface area contributed by atoms with Crippen molar-refractivity contribution in [2.75, 3.05) is 13.2 Å². The minimum Gasteiger partial charge on any atom is -0.387 e. The summed E-state index contributed by atoms with van der Waals surface area (Å²) in [5, 5.41) is 11.3. The van der Waals surface area contributed by atoms with E-state index in [2.05, 4.69) is 12.2 Å². The highest BCUT2D eigenvalue weighted by atomic mass is 16.3. The van der Waals surface area contributed by atoms with Gasteiger partial charge in [-0.3, -0.25) is 4.79 Å². The number of rotatable bonds is 19. The molecular weight excluding hydrogens is 298 g/mol. The molecule has 0 atom stereocenters. The predicted molar refractivity (Wildman–Crippen MR) is 104 cm³/mol. The molecule has 0 aliphatic rings. The molecule has 0 radical (unpaired) electrons. The van der Waals surface area contributed by atoms with Crippen LogP contribution in [0.4, 0.5) is 0 Å². The van der Waals surface area contributed by atoms with E-state index in [4.69, 9.17) is 5.11 Å². The highest BCUT2D eigenvalue weighted by molar-refractivity contribution is 5.76. The summed E-state index contributed by atoms with van der Waals surface area (Å²) in [6, 6.07) is 0. The average molecular weight is 342 g/mol.